The minimum Gasteiger partial charge on any atom is -0.450 e. The van der Waals surface area contributed by atoms with Crippen LogP contribution < -0.4 is 0 Å². The summed E-state index contributed by atoms with van der Waals surface area (Å²) >= 11 is 0. The smallest absolute Gasteiger partial charge is 0.450 e. The van der Waals surface area contributed by atoms with E-state index in [1.54, 1.807) is 0 Å². The molecule has 0 aliphatic heterocycles. The van der Waals surface area contributed by atoms with Crippen molar-refractivity contribution >= 4 is 36.9 Å². The maximum Gasteiger partial charge on any atom is 0.503 e. The number of hydrogen-bond donors (Lipinski definition) is 12. The van der Waals surface area contributed by atoms with Crippen molar-refractivity contribution in [2.75, 3.05) is 0 Å². The molecule has 12 N–H and O–H groups in total. The van der Waals surface area contributed by atoms with Gasteiger partial charge in [-0.2, -0.15) is 0 Å². The summed E-state index contributed by atoms with van der Waals surface area (Å²) < 4.78 is 0. The molecule has 0 aromatic carbocycles. The van der Waals surface area contributed by atoms with Crippen molar-refractivity contribution < 1.29 is 111 Å². The van der Waals surface area contributed by atoms with Gasteiger partial charge in [0.15, 0.2) is 0 Å². The number of rotatable bonds is 0. The molecule has 25 heavy (non-hydrogen) atoms. The maximum atomic E-state index is 8.56. The second kappa shape index (κ2) is 37.0. The van der Waals surface area contributed by atoms with Gasteiger partial charge < -0.3 is 61.3 Å². The van der Waals surface area contributed by atoms with Crippen molar-refractivity contribution in [3.05, 3.63) is 0 Å². The molecular formula is C6H12MoO18. The van der Waals surface area contributed by atoms with E-state index in [-0.39, 0.29) is 21.1 Å². The van der Waals surface area contributed by atoms with Crippen LogP contribution in [-0.2, 0) is 21.1 Å². The van der Waals surface area contributed by atoms with Crippen LogP contribution in [0, 0.1) is 0 Å². The largest absolute Gasteiger partial charge is 0.503 e. The molecule has 0 atom stereocenters. The van der Waals surface area contributed by atoms with Gasteiger partial charge in [0, 0.05) is 21.1 Å². The first-order valence-corrected chi connectivity index (χ1v) is 3.91. The van der Waals surface area contributed by atoms with Crippen LogP contribution >= 0.6 is 0 Å². The van der Waals surface area contributed by atoms with Gasteiger partial charge in [0.2, 0.25) is 0 Å². The monoisotopic (exact) mass is 470 g/mol. The third kappa shape index (κ3) is 499. The van der Waals surface area contributed by atoms with Crippen molar-refractivity contribution in [1.29, 1.82) is 0 Å². The molecule has 0 bridgehead atoms. The van der Waals surface area contributed by atoms with Gasteiger partial charge in [-0.1, -0.05) is 0 Å². The van der Waals surface area contributed by atoms with Gasteiger partial charge in [-0.25, -0.2) is 28.8 Å². The summed E-state index contributed by atoms with van der Waals surface area (Å²) in [6.07, 6.45) is -11.0. The summed E-state index contributed by atoms with van der Waals surface area (Å²) in [5.41, 5.74) is 0. The predicted molar refractivity (Wildman–Crippen MR) is 63.9 cm³/mol. The molecule has 0 amide bonds. The number of carboxylic acid groups (broad SMARTS) is 12. The van der Waals surface area contributed by atoms with E-state index < -0.39 is 36.9 Å². The van der Waals surface area contributed by atoms with Gasteiger partial charge in [0.05, 0.1) is 0 Å². The second-order valence-electron chi connectivity index (χ2n) is 1.70. The Morgan fingerprint density at radius 2 is 0.280 bits per heavy atom. The predicted octanol–water partition coefficient (Wildman–Crippen LogP) is 1.33. The number of carbonyl (C=O) groups is 6. The van der Waals surface area contributed by atoms with Gasteiger partial charge in [0.1, 0.15) is 0 Å². The van der Waals surface area contributed by atoms with Crippen LogP contribution in [0.5, 0.6) is 0 Å². The standard InChI is InChI=1S/6CH2O3.Mo/c6*2-1(3)4;/h6*(H2,2,3,4);. The molecule has 19 heteroatoms. The van der Waals surface area contributed by atoms with Gasteiger partial charge >= 0.3 is 36.9 Å². The molecule has 18 nitrogen and oxygen atoms in total. The average Bonchev–Trinajstić information content (AvgIpc) is 2.08. The summed E-state index contributed by atoms with van der Waals surface area (Å²) in [5, 5.41) is 83.7. The number of hydrogen-bond acceptors (Lipinski definition) is 6. The van der Waals surface area contributed by atoms with Crippen LogP contribution in [0.2, 0.25) is 0 Å². The molecule has 0 fully saturated rings. The molecule has 0 spiro atoms. The van der Waals surface area contributed by atoms with Crippen molar-refractivity contribution in [2.45, 2.75) is 0 Å². The Morgan fingerprint density at radius 1 is 0.280 bits per heavy atom. The van der Waals surface area contributed by atoms with Crippen molar-refractivity contribution in [3.63, 3.8) is 0 Å². The SMILES string of the molecule is O=C(O)O.O=C(O)O.O=C(O)O.O=C(O)O.O=C(O)O.O=C(O)O.[Mo]. The van der Waals surface area contributed by atoms with Crippen LogP contribution in [0.15, 0.2) is 0 Å². The fraction of sp³-hybridized carbons (Fsp3) is 0. The maximum absolute atomic E-state index is 8.56. The van der Waals surface area contributed by atoms with Crippen molar-refractivity contribution in [2.24, 2.45) is 0 Å². The first-order chi connectivity index (χ1) is 10.4. The molecule has 0 saturated carbocycles. The molecule has 0 rings (SSSR count). The zero-order valence-corrected chi connectivity index (χ0v) is 13.2. The molecule has 150 valence electrons. The molecule has 0 aromatic rings. The van der Waals surface area contributed by atoms with E-state index in [1.807, 2.05) is 0 Å². The minimum atomic E-state index is -1.83. The van der Waals surface area contributed by atoms with Gasteiger partial charge in [-0.05, 0) is 0 Å². The molecular weight excluding hydrogens is 456 g/mol. The fourth-order valence-electron chi connectivity index (χ4n) is 0. The Labute approximate surface area is 148 Å². The van der Waals surface area contributed by atoms with Gasteiger partial charge in [-0.3, -0.25) is 0 Å². The first-order valence-electron chi connectivity index (χ1n) is 3.91. The molecule has 0 radical (unpaired) electrons. The Hall–Kier alpha value is -3.69. The first kappa shape index (κ1) is 42.9. The van der Waals surface area contributed by atoms with Crippen LogP contribution in [0.25, 0.3) is 0 Å². The molecule has 0 heterocycles. The van der Waals surface area contributed by atoms with Crippen molar-refractivity contribution in [1.82, 2.24) is 0 Å². The Kier molecular flexibility index (Phi) is 63.5. The quantitative estimate of drug-likeness (QED) is 0.223. The van der Waals surface area contributed by atoms with Crippen LogP contribution in [0.4, 0.5) is 28.8 Å². The van der Waals surface area contributed by atoms with Crippen LogP contribution in [-0.4, -0.2) is 98.2 Å². The van der Waals surface area contributed by atoms with E-state index in [0.717, 1.165) is 0 Å². The van der Waals surface area contributed by atoms with E-state index in [9.17, 15) is 0 Å². The Bertz CT molecular complexity index is 257. The van der Waals surface area contributed by atoms with E-state index >= 15 is 0 Å². The fourth-order valence-corrected chi connectivity index (χ4v) is 0. The summed E-state index contributed by atoms with van der Waals surface area (Å²) in [4.78, 5) is 51.3. The third-order valence-electron chi connectivity index (χ3n) is 0. The zero-order valence-electron chi connectivity index (χ0n) is 11.2. The molecule has 0 aliphatic rings. The van der Waals surface area contributed by atoms with E-state index in [1.165, 1.54) is 0 Å². The summed E-state index contributed by atoms with van der Waals surface area (Å²) in [5.74, 6) is 0. The molecule has 0 aliphatic carbocycles. The zero-order chi connectivity index (χ0) is 21.5. The Balaban J connectivity index is -0.0000000309. The summed E-state index contributed by atoms with van der Waals surface area (Å²) in [6, 6.07) is 0. The summed E-state index contributed by atoms with van der Waals surface area (Å²) in [7, 11) is 0. The van der Waals surface area contributed by atoms with Crippen molar-refractivity contribution in [3.8, 4) is 0 Å². The average molecular weight is 468 g/mol. The molecule has 0 aromatic heterocycles. The van der Waals surface area contributed by atoms with E-state index in [0.29, 0.717) is 0 Å². The van der Waals surface area contributed by atoms with Crippen LogP contribution in [0.3, 0.4) is 0 Å². The van der Waals surface area contributed by atoms with E-state index in [4.69, 9.17) is 90.0 Å². The topological polar surface area (TPSA) is 345 Å². The summed E-state index contributed by atoms with van der Waals surface area (Å²) in [6.45, 7) is 0. The van der Waals surface area contributed by atoms with E-state index in [2.05, 4.69) is 0 Å². The molecule has 0 saturated heterocycles. The normalized spacial score (nSPS) is 5.76. The Morgan fingerprint density at radius 3 is 0.280 bits per heavy atom. The van der Waals surface area contributed by atoms with Crippen LogP contribution in [0.1, 0.15) is 0 Å². The second-order valence-corrected chi connectivity index (χ2v) is 1.70. The molecule has 0 unspecified atom stereocenters. The third-order valence-corrected chi connectivity index (χ3v) is 0. The van der Waals surface area contributed by atoms with Gasteiger partial charge in [0.25, 0.3) is 0 Å². The van der Waals surface area contributed by atoms with Gasteiger partial charge in [-0.15, -0.1) is 0 Å². The minimum absolute atomic E-state index is 0.